The molecule has 40 heavy (non-hydrogen) atoms. The highest BCUT2D eigenvalue weighted by molar-refractivity contribution is 7.92. The lowest BCUT2D eigenvalue weighted by Gasteiger charge is -2.18. The van der Waals surface area contributed by atoms with Crippen LogP contribution in [0.25, 0.3) is 0 Å². The molecule has 0 saturated heterocycles. The van der Waals surface area contributed by atoms with E-state index in [0.717, 1.165) is 42.9 Å². The summed E-state index contributed by atoms with van der Waals surface area (Å²) in [6, 6.07) is 4.76. The van der Waals surface area contributed by atoms with Crippen LogP contribution in [0, 0.1) is 0 Å². The summed E-state index contributed by atoms with van der Waals surface area (Å²) in [6.45, 7) is 7.58. The normalized spacial score (nSPS) is 11.8. The standard InChI is InChI=1S/C13H7Cl2F3N2O4S.C11H18N2O2/c14-6-3-10(11(12(21)22)19-5-6)20-25(23,24)7-1-2-9(15)8(4-7)13(16,17)18;1-5-6-9-7-8-13(12-9)10(14)15-11(2,3)4/h1-5,20H,(H,21,22);7-8H,5-6H2,1-4H3. The number of aromatic nitrogens is 3. The molecule has 0 aliphatic heterocycles. The molecule has 0 fully saturated rings. The molecule has 0 bridgehead atoms. The molecule has 0 aliphatic carbocycles. The number of nitrogens with zero attached hydrogens (tertiary/aromatic N) is 3. The molecule has 0 atom stereocenters. The van der Waals surface area contributed by atoms with Gasteiger partial charge in [-0.1, -0.05) is 36.5 Å². The molecule has 0 radical (unpaired) electrons. The highest BCUT2D eigenvalue weighted by Crippen LogP contribution is 2.36. The van der Waals surface area contributed by atoms with E-state index in [1.165, 1.54) is 4.68 Å². The molecule has 0 spiro atoms. The van der Waals surface area contributed by atoms with Crippen molar-refractivity contribution < 1.29 is 41.0 Å². The van der Waals surface area contributed by atoms with Gasteiger partial charge in [-0.05, 0) is 57.5 Å². The predicted molar refractivity (Wildman–Crippen MR) is 141 cm³/mol. The first-order valence-electron chi connectivity index (χ1n) is 11.4. The summed E-state index contributed by atoms with van der Waals surface area (Å²) in [5, 5.41) is 12.4. The van der Waals surface area contributed by atoms with Gasteiger partial charge in [-0.2, -0.15) is 23.0 Å². The van der Waals surface area contributed by atoms with Gasteiger partial charge in [0.25, 0.3) is 10.0 Å². The number of nitrogens with one attached hydrogen (secondary N) is 1. The molecule has 0 unspecified atom stereocenters. The number of carboxylic acids is 1. The van der Waals surface area contributed by atoms with Gasteiger partial charge in [-0.3, -0.25) is 4.72 Å². The monoisotopic (exact) mass is 624 g/mol. The average molecular weight is 625 g/mol. The fraction of sp³-hybridized carbons (Fsp3) is 0.333. The van der Waals surface area contributed by atoms with E-state index in [-0.39, 0.29) is 5.02 Å². The molecular formula is C24H25Cl2F3N4O6S. The third-order valence-electron chi connectivity index (χ3n) is 4.59. The van der Waals surface area contributed by atoms with E-state index in [2.05, 4.69) is 17.0 Å². The second-order valence-corrected chi connectivity index (χ2v) is 11.6. The third kappa shape index (κ3) is 9.38. The zero-order valence-corrected chi connectivity index (χ0v) is 23.9. The van der Waals surface area contributed by atoms with E-state index < -0.39 is 60.7 Å². The Morgan fingerprint density at radius 2 is 1.77 bits per heavy atom. The molecule has 2 N–H and O–H groups in total. The van der Waals surface area contributed by atoms with Crippen LogP contribution in [0.15, 0.2) is 47.6 Å². The van der Waals surface area contributed by atoms with Crippen LogP contribution in [-0.2, 0) is 27.4 Å². The molecule has 3 aromatic rings. The van der Waals surface area contributed by atoms with E-state index in [0.29, 0.717) is 6.07 Å². The highest BCUT2D eigenvalue weighted by atomic mass is 35.5. The van der Waals surface area contributed by atoms with Crippen LogP contribution < -0.4 is 4.72 Å². The first-order chi connectivity index (χ1) is 18.3. The first kappa shape index (κ1) is 32.8. The van der Waals surface area contributed by atoms with Gasteiger partial charge in [0.05, 0.1) is 31.9 Å². The zero-order chi connectivity index (χ0) is 30.5. The Hall–Kier alpha value is -3.36. The number of hydrogen-bond acceptors (Lipinski definition) is 7. The predicted octanol–water partition coefficient (Wildman–Crippen LogP) is 6.53. The number of rotatable bonds is 6. The Bertz CT molecular complexity index is 1490. The van der Waals surface area contributed by atoms with Crippen molar-refractivity contribution in [2.45, 2.75) is 57.2 Å². The lowest BCUT2D eigenvalue weighted by Crippen LogP contribution is -2.27. The van der Waals surface area contributed by atoms with E-state index in [9.17, 15) is 31.2 Å². The molecule has 218 valence electrons. The van der Waals surface area contributed by atoms with Crippen LogP contribution in [0.2, 0.25) is 10.0 Å². The molecule has 1 aromatic carbocycles. The number of anilines is 1. The number of aryl methyl sites for hydroxylation is 1. The third-order valence-corrected chi connectivity index (χ3v) is 6.49. The number of hydrogen-bond donors (Lipinski definition) is 2. The van der Waals surface area contributed by atoms with Gasteiger partial charge in [0.2, 0.25) is 0 Å². The number of sulfonamides is 1. The van der Waals surface area contributed by atoms with Gasteiger partial charge >= 0.3 is 18.2 Å². The summed E-state index contributed by atoms with van der Waals surface area (Å²) in [5.41, 5.74) is -2.07. The number of carbonyl (C=O) groups excluding carboxylic acids is 1. The Morgan fingerprint density at radius 1 is 1.12 bits per heavy atom. The van der Waals surface area contributed by atoms with Crippen molar-refractivity contribution in [3.63, 3.8) is 0 Å². The van der Waals surface area contributed by atoms with Crippen molar-refractivity contribution in [3.8, 4) is 0 Å². The smallest absolute Gasteiger partial charge is 0.435 e. The summed E-state index contributed by atoms with van der Waals surface area (Å²) in [7, 11) is -4.56. The Labute approximate surface area is 238 Å². The van der Waals surface area contributed by atoms with Crippen molar-refractivity contribution in [3.05, 3.63) is 69.7 Å². The van der Waals surface area contributed by atoms with Crippen molar-refractivity contribution in [2.24, 2.45) is 0 Å². The first-order valence-corrected chi connectivity index (χ1v) is 13.6. The largest absolute Gasteiger partial charge is 0.476 e. The van der Waals surface area contributed by atoms with Gasteiger partial charge in [0, 0.05) is 12.4 Å². The summed E-state index contributed by atoms with van der Waals surface area (Å²) >= 11 is 11.1. The fourth-order valence-corrected chi connectivity index (χ4v) is 4.41. The minimum atomic E-state index is -4.87. The molecule has 0 saturated carbocycles. The minimum absolute atomic E-state index is 0.0743. The maximum atomic E-state index is 12.9. The lowest BCUT2D eigenvalue weighted by atomic mass is 10.2. The van der Waals surface area contributed by atoms with Gasteiger partial charge < -0.3 is 9.84 Å². The molecular weight excluding hydrogens is 600 g/mol. The SMILES string of the molecule is CCCc1ccn(C(=O)OC(C)(C)C)n1.O=C(O)c1ncc(Cl)cc1NS(=O)(=O)c1ccc(Cl)c(C(F)(F)F)c1. The van der Waals surface area contributed by atoms with Gasteiger partial charge in [-0.25, -0.2) is 23.0 Å². The number of alkyl halides is 3. The molecule has 0 aliphatic rings. The summed E-state index contributed by atoms with van der Waals surface area (Å²) in [5.74, 6) is -1.55. The van der Waals surface area contributed by atoms with E-state index in [1.807, 2.05) is 31.6 Å². The zero-order valence-electron chi connectivity index (χ0n) is 21.6. The number of aromatic carboxylic acids is 1. The van der Waals surface area contributed by atoms with Crippen molar-refractivity contribution in [2.75, 3.05) is 4.72 Å². The highest BCUT2D eigenvalue weighted by Gasteiger charge is 2.34. The molecule has 3 rings (SSSR count). The molecule has 16 heteroatoms. The fourth-order valence-electron chi connectivity index (χ4n) is 2.94. The van der Waals surface area contributed by atoms with Gasteiger partial charge in [-0.15, -0.1) is 0 Å². The average Bonchev–Trinajstić information content (AvgIpc) is 3.26. The topological polar surface area (TPSA) is 140 Å². The Balaban J connectivity index is 0.000000319. The van der Waals surface area contributed by atoms with Gasteiger partial charge in [0.15, 0.2) is 5.69 Å². The number of carboxylic acid groups (broad SMARTS) is 1. The van der Waals surface area contributed by atoms with Crippen molar-refractivity contribution in [1.29, 1.82) is 0 Å². The Kier molecular flexibility index (Phi) is 10.6. The van der Waals surface area contributed by atoms with Crippen LogP contribution in [-0.4, -0.2) is 46.0 Å². The van der Waals surface area contributed by atoms with E-state index >= 15 is 0 Å². The number of ether oxygens (including phenoxy) is 1. The molecule has 2 heterocycles. The number of benzene rings is 1. The quantitative estimate of drug-likeness (QED) is 0.315. The van der Waals surface area contributed by atoms with Crippen LogP contribution in [0.1, 0.15) is 55.9 Å². The second kappa shape index (κ2) is 12.9. The number of carbonyl (C=O) groups is 2. The van der Waals surface area contributed by atoms with Crippen molar-refractivity contribution in [1.82, 2.24) is 14.8 Å². The second-order valence-electron chi connectivity index (χ2n) is 9.08. The summed E-state index contributed by atoms with van der Waals surface area (Å²) in [6.07, 6.45) is -0.774. The molecule has 2 aromatic heterocycles. The number of pyridine rings is 1. The number of halogens is 5. The Morgan fingerprint density at radius 3 is 2.33 bits per heavy atom. The van der Waals surface area contributed by atoms with Crippen LogP contribution in [0.3, 0.4) is 0 Å². The van der Waals surface area contributed by atoms with Crippen molar-refractivity contribution >= 4 is 51.0 Å². The maximum absolute atomic E-state index is 12.9. The summed E-state index contributed by atoms with van der Waals surface area (Å²) in [4.78, 5) is 25.3. The van der Waals surface area contributed by atoms with E-state index in [4.69, 9.17) is 33.0 Å². The van der Waals surface area contributed by atoms with E-state index in [1.54, 1.807) is 6.20 Å². The molecule has 10 nitrogen and oxygen atoms in total. The maximum Gasteiger partial charge on any atom is 0.435 e. The molecule has 0 amide bonds. The van der Waals surface area contributed by atoms with Crippen LogP contribution in [0.5, 0.6) is 0 Å². The van der Waals surface area contributed by atoms with Crippen LogP contribution in [0.4, 0.5) is 23.7 Å². The lowest BCUT2D eigenvalue weighted by molar-refractivity contribution is -0.137. The van der Waals surface area contributed by atoms with Gasteiger partial charge in [0.1, 0.15) is 5.60 Å². The summed E-state index contributed by atoms with van der Waals surface area (Å²) < 4.78 is 71.5. The van der Waals surface area contributed by atoms with Crippen LogP contribution >= 0.6 is 23.2 Å². The minimum Gasteiger partial charge on any atom is -0.476 e.